The maximum Gasteiger partial charge on any atom is 0.404 e. The van der Waals surface area contributed by atoms with Gasteiger partial charge in [0, 0.05) is 12.6 Å². The van der Waals surface area contributed by atoms with Gasteiger partial charge in [0.15, 0.2) is 0 Å². The molecule has 0 aromatic heterocycles. The Morgan fingerprint density at radius 1 is 1.80 bits per heavy atom. The molecule has 1 aliphatic rings. The molecule has 0 radical (unpaired) electrons. The van der Waals surface area contributed by atoms with Gasteiger partial charge in [-0.15, -0.1) is 0 Å². The van der Waals surface area contributed by atoms with E-state index in [0.29, 0.717) is 12.6 Å². The highest BCUT2D eigenvalue weighted by Gasteiger charge is 2.13. The topological polar surface area (TPSA) is 61.4 Å². The standard InChI is InChI=1S/C6H12N2O2/c9-6(10)8-4-5-2-1-3-7-5/h5,7-8H,1-4H2,(H,9,10). The fourth-order valence-electron chi connectivity index (χ4n) is 1.14. The molecule has 1 atom stereocenters. The molecule has 4 heteroatoms. The molecule has 1 saturated heterocycles. The SMILES string of the molecule is O=C(O)NCC1CCCN1. The van der Waals surface area contributed by atoms with Gasteiger partial charge in [-0.2, -0.15) is 0 Å². The third-order valence-corrected chi connectivity index (χ3v) is 1.66. The monoisotopic (exact) mass is 144 g/mol. The van der Waals surface area contributed by atoms with E-state index in [1.165, 1.54) is 0 Å². The van der Waals surface area contributed by atoms with E-state index in [9.17, 15) is 4.79 Å². The van der Waals surface area contributed by atoms with E-state index >= 15 is 0 Å². The molecule has 0 saturated carbocycles. The molecule has 3 N–H and O–H groups in total. The van der Waals surface area contributed by atoms with E-state index < -0.39 is 6.09 Å². The number of hydrogen-bond acceptors (Lipinski definition) is 2. The minimum Gasteiger partial charge on any atom is -0.465 e. The fraction of sp³-hybridized carbons (Fsp3) is 0.833. The van der Waals surface area contributed by atoms with Crippen LogP contribution in [0.25, 0.3) is 0 Å². The van der Waals surface area contributed by atoms with Crippen LogP contribution in [-0.2, 0) is 0 Å². The molecular weight excluding hydrogens is 132 g/mol. The molecular formula is C6H12N2O2. The number of hydrogen-bond donors (Lipinski definition) is 3. The summed E-state index contributed by atoms with van der Waals surface area (Å²) in [6.07, 6.45) is 1.31. The van der Waals surface area contributed by atoms with Crippen molar-refractivity contribution < 1.29 is 9.90 Å². The fourth-order valence-corrected chi connectivity index (χ4v) is 1.14. The molecule has 0 aliphatic carbocycles. The van der Waals surface area contributed by atoms with Crippen molar-refractivity contribution in [3.63, 3.8) is 0 Å². The summed E-state index contributed by atoms with van der Waals surface area (Å²) in [5.74, 6) is 0. The Kier molecular flexibility index (Phi) is 2.50. The molecule has 0 aromatic rings. The zero-order valence-corrected chi connectivity index (χ0v) is 5.76. The quantitative estimate of drug-likeness (QED) is 0.511. The van der Waals surface area contributed by atoms with Crippen LogP contribution in [0.5, 0.6) is 0 Å². The Bertz CT molecular complexity index is 121. The van der Waals surface area contributed by atoms with Crippen LogP contribution in [0, 0.1) is 0 Å². The first-order valence-electron chi connectivity index (χ1n) is 3.49. The predicted molar refractivity (Wildman–Crippen MR) is 37.1 cm³/mol. The Hall–Kier alpha value is -0.770. The average molecular weight is 144 g/mol. The van der Waals surface area contributed by atoms with Gasteiger partial charge in [0.2, 0.25) is 0 Å². The van der Waals surface area contributed by atoms with Gasteiger partial charge in [-0.3, -0.25) is 0 Å². The van der Waals surface area contributed by atoms with E-state index in [0.717, 1.165) is 19.4 Å². The summed E-state index contributed by atoms with van der Waals surface area (Å²) in [4.78, 5) is 10.0. The highest BCUT2D eigenvalue weighted by Crippen LogP contribution is 2.02. The molecule has 1 unspecified atom stereocenters. The van der Waals surface area contributed by atoms with Crippen LogP contribution >= 0.6 is 0 Å². The van der Waals surface area contributed by atoms with Crippen LogP contribution in [0.3, 0.4) is 0 Å². The smallest absolute Gasteiger partial charge is 0.404 e. The highest BCUT2D eigenvalue weighted by molar-refractivity contribution is 5.64. The minimum absolute atomic E-state index is 0.357. The van der Waals surface area contributed by atoms with Crippen LogP contribution in [0.4, 0.5) is 4.79 Å². The van der Waals surface area contributed by atoms with Crippen molar-refractivity contribution in [2.24, 2.45) is 0 Å². The summed E-state index contributed by atoms with van der Waals surface area (Å²) in [5, 5.41) is 13.8. The highest BCUT2D eigenvalue weighted by atomic mass is 16.4. The molecule has 4 nitrogen and oxygen atoms in total. The summed E-state index contributed by atoms with van der Waals surface area (Å²) < 4.78 is 0. The summed E-state index contributed by atoms with van der Waals surface area (Å²) in [6.45, 7) is 1.56. The van der Waals surface area contributed by atoms with Crippen molar-refractivity contribution in [3.05, 3.63) is 0 Å². The van der Waals surface area contributed by atoms with Crippen molar-refractivity contribution in [1.29, 1.82) is 0 Å². The van der Waals surface area contributed by atoms with Crippen LogP contribution in [0.15, 0.2) is 0 Å². The average Bonchev–Trinajstić information content (AvgIpc) is 2.34. The zero-order valence-electron chi connectivity index (χ0n) is 5.76. The first-order chi connectivity index (χ1) is 4.79. The lowest BCUT2D eigenvalue weighted by Crippen LogP contribution is -2.36. The third kappa shape index (κ3) is 2.23. The molecule has 1 rings (SSSR count). The maximum atomic E-state index is 10.0. The van der Waals surface area contributed by atoms with Gasteiger partial charge in [0.05, 0.1) is 0 Å². The molecule has 1 heterocycles. The van der Waals surface area contributed by atoms with Gasteiger partial charge < -0.3 is 15.7 Å². The molecule has 58 valence electrons. The van der Waals surface area contributed by atoms with Crippen LogP contribution in [0.1, 0.15) is 12.8 Å². The van der Waals surface area contributed by atoms with Crippen LogP contribution in [0.2, 0.25) is 0 Å². The normalized spacial score (nSPS) is 24.6. The summed E-state index contributed by atoms with van der Waals surface area (Å²) in [5.41, 5.74) is 0. The number of nitrogens with one attached hydrogen (secondary N) is 2. The van der Waals surface area contributed by atoms with E-state index in [-0.39, 0.29) is 0 Å². The predicted octanol–water partition coefficient (Wildman–Crippen LogP) is 0.00600. The second-order valence-electron chi connectivity index (χ2n) is 2.48. The van der Waals surface area contributed by atoms with Gasteiger partial charge in [0.1, 0.15) is 0 Å². The van der Waals surface area contributed by atoms with Gasteiger partial charge >= 0.3 is 6.09 Å². The van der Waals surface area contributed by atoms with Gasteiger partial charge in [-0.1, -0.05) is 0 Å². The summed E-state index contributed by atoms with van der Waals surface area (Å²) in [6, 6.07) is 0.357. The molecule has 0 aromatic carbocycles. The Morgan fingerprint density at radius 3 is 3.10 bits per heavy atom. The Balaban J connectivity index is 2.07. The lowest BCUT2D eigenvalue weighted by molar-refractivity contribution is 0.193. The first kappa shape index (κ1) is 7.34. The van der Waals surface area contributed by atoms with Crippen molar-refractivity contribution >= 4 is 6.09 Å². The van der Waals surface area contributed by atoms with Gasteiger partial charge in [-0.05, 0) is 19.4 Å². The lowest BCUT2D eigenvalue weighted by atomic mass is 10.2. The first-order valence-corrected chi connectivity index (χ1v) is 3.49. The van der Waals surface area contributed by atoms with Crippen LogP contribution < -0.4 is 10.6 Å². The summed E-state index contributed by atoms with van der Waals surface area (Å²) >= 11 is 0. The Morgan fingerprint density at radius 2 is 2.60 bits per heavy atom. The maximum absolute atomic E-state index is 10.0. The van der Waals surface area contributed by atoms with Crippen molar-refractivity contribution in [1.82, 2.24) is 10.6 Å². The second kappa shape index (κ2) is 3.41. The van der Waals surface area contributed by atoms with Crippen molar-refractivity contribution in [2.75, 3.05) is 13.1 Å². The van der Waals surface area contributed by atoms with E-state index in [1.54, 1.807) is 0 Å². The number of rotatable bonds is 2. The molecule has 10 heavy (non-hydrogen) atoms. The van der Waals surface area contributed by atoms with E-state index in [4.69, 9.17) is 5.11 Å². The van der Waals surface area contributed by atoms with E-state index in [2.05, 4.69) is 10.6 Å². The lowest BCUT2D eigenvalue weighted by Gasteiger charge is -2.08. The molecule has 1 aliphatic heterocycles. The minimum atomic E-state index is -0.936. The van der Waals surface area contributed by atoms with Gasteiger partial charge in [0.25, 0.3) is 0 Å². The van der Waals surface area contributed by atoms with Crippen molar-refractivity contribution in [2.45, 2.75) is 18.9 Å². The summed E-state index contributed by atoms with van der Waals surface area (Å²) in [7, 11) is 0. The molecule has 0 spiro atoms. The van der Waals surface area contributed by atoms with E-state index in [1.807, 2.05) is 0 Å². The number of amides is 1. The molecule has 0 bridgehead atoms. The van der Waals surface area contributed by atoms with Crippen LogP contribution in [-0.4, -0.2) is 30.3 Å². The zero-order chi connectivity index (χ0) is 7.40. The third-order valence-electron chi connectivity index (χ3n) is 1.66. The molecule has 1 amide bonds. The van der Waals surface area contributed by atoms with Gasteiger partial charge in [-0.25, -0.2) is 4.79 Å². The Labute approximate surface area is 59.6 Å². The number of carboxylic acid groups (broad SMARTS) is 1. The largest absolute Gasteiger partial charge is 0.465 e. The second-order valence-corrected chi connectivity index (χ2v) is 2.48. The van der Waals surface area contributed by atoms with Crippen molar-refractivity contribution in [3.8, 4) is 0 Å². The molecule has 1 fully saturated rings. The number of carbonyl (C=O) groups is 1.